The van der Waals surface area contributed by atoms with Gasteiger partial charge in [-0.3, -0.25) is 9.59 Å². The summed E-state index contributed by atoms with van der Waals surface area (Å²) in [6.07, 6.45) is 0. The average molecular weight is 252 g/mol. The Morgan fingerprint density at radius 3 is 2.94 bits per heavy atom. The SMILES string of the molecule is Cc1cc(NC(=O)C2CSC(=O)N2)ccc1O. The topological polar surface area (TPSA) is 78.4 Å². The van der Waals surface area contributed by atoms with Crippen molar-refractivity contribution in [3.8, 4) is 5.75 Å². The van der Waals surface area contributed by atoms with Gasteiger partial charge in [0, 0.05) is 11.4 Å². The van der Waals surface area contributed by atoms with E-state index in [0.717, 1.165) is 11.8 Å². The molecule has 1 unspecified atom stereocenters. The molecular formula is C11H12N2O3S. The molecule has 1 fully saturated rings. The molecule has 6 heteroatoms. The number of phenols is 1. The van der Waals surface area contributed by atoms with E-state index in [4.69, 9.17) is 0 Å². The molecule has 2 rings (SSSR count). The minimum atomic E-state index is -0.485. The fraction of sp³-hybridized carbons (Fsp3) is 0.273. The van der Waals surface area contributed by atoms with Crippen LogP contribution in [-0.2, 0) is 4.79 Å². The van der Waals surface area contributed by atoms with Crippen LogP contribution in [0.2, 0.25) is 0 Å². The zero-order chi connectivity index (χ0) is 12.4. The van der Waals surface area contributed by atoms with Crippen molar-refractivity contribution in [3.63, 3.8) is 0 Å². The van der Waals surface area contributed by atoms with E-state index in [2.05, 4.69) is 10.6 Å². The largest absolute Gasteiger partial charge is 0.508 e. The van der Waals surface area contributed by atoms with Crippen molar-refractivity contribution >= 4 is 28.6 Å². The number of anilines is 1. The highest BCUT2D eigenvalue weighted by Crippen LogP contribution is 2.21. The molecule has 0 radical (unpaired) electrons. The molecule has 3 N–H and O–H groups in total. The van der Waals surface area contributed by atoms with Gasteiger partial charge in [0.05, 0.1) is 0 Å². The van der Waals surface area contributed by atoms with Gasteiger partial charge in [-0.15, -0.1) is 0 Å². The maximum atomic E-state index is 11.8. The maximum Gasteiger partial charge on any atom is 0.279 e. The molecule has 17 heavy (non-hydrogen) atoms. The molecule has 0 saturated carbocycles. The van der Waals surface area contributed by atoms with E-state index < -0.39 is 6.04 Å². The number of phenolic OH excluding ortho intramolecular Hbond substituents is 1. The molecule has 0 spiro atoms. The highest BCUT2D eigenvalue weighted by Gasteiger charge is 2.27. The molecule has 1 saturated heterocycles. The quantitative estimate of drug-likeness (QED) is 0.696. The first-order chi connectivity index (χ1) is 8.06. The number of carbonyl (C=O) groups is 2. The number of nitrogens with one attached hydrogen (secondary N) is 2. The molecule has 2 amide bonds. The summed E-state index contributed by atoms with van der Waals surface area (Å²) in [7, 11) is 0. The van der Waals surface area contributed by atoms with Crippen molar-refractivity contribution in [1.82, 2.24) is 5.32 Å². The summed E-state index contributed by atoms with van der Waals surface area (Å²) in [5.41, 5.74) is 1.30. The van der Waals surface area contributed by atoms with E-state index in [-0.39, 0.29) is 16.9 Å². The summed E-state index contributed by atoms with van der Waals surface area (Å²) in [6, 6.07) is 4.33. The number of carbonyl (C=O) groups excluding carboxylic acids is 2. The third kappa shape index (κ3) is 2.71. The summed E-state index contributed by atoms with van der Waals surface area (Å²) >= 11 is 1.10. The number of hydrogen-bond donors (Lipinski definition) is 3. The first-order valence-corrected chi connectivity index (χ1v) is 6.08. The second kappa shape index (κ2) is 4.67. The Bertz CT molecular complexity index is 476. The number of rotatable bonds is 2. The molecule has 90 valence electrons. The van der Waals surface area contributed by atoms with Crippen molar-refractivity contribution in [3.05, 3.63) is 23.8 Å². The van der Waals surface area contributed by atoms with Crippen LogP contribution < -0.4 is 10.6 Å². The van der Waals surface area contributed by atoms with Gasteiger partial charge < -0.3 is 15.7 Å². The van der Waals surface area contributed by atoms with Gasteiger partial charge in [0.25, 0.3) is 5.24 Å². The molecule has 1 aliphatic rings. The number of amides is 2. The van der Waals surface area contributed by atoms with Crippen LogP contribution in [-0.4, -0.2) is 28.0 Å². The standard InChI is InChI=1S/C11H12N2O3S/c1-6-4-7(2-3-9(6)14)12-10(15)8-5-17-11(16)13-8/h2-4,8,14H,5H2,1H3,(H,12,15)(H,13,16). The molecule has 1 aromatic carbocycles. The summed E-state index contributed by atoms with van der Waals surface area (Å²) in [6.45, 7) is 1.75. The smallest absolute Gasteiger partial charge is 0.279 e. The normalized spacial score (nSPS) is 18.9. The first kappa shape index (κ1) is 11.8. The Labute approximate surface area is 103 Å². The number of benzene rings is 1. The summed E-state index contributed by atoms with van der Waals surface area (Å²) in [5.74, 6) is 0.392. The molecule has 0 aromatic heterocycles. The van der Waals surface area contributed by atoms with Crippen molar-refractivity contribution in [2.75, 3.05) is 11.1 Å². The second-order valence-electron chi connectivity index (χ2n) is 3.79. The van der Waals surface area contributed by atoms with Crippen LogP contribution >= 0.6 is 11.8 Å². The minimum Gasteiger partial charge on any atom is -0.508 e. The molecular weight excluding hydrogens is 240 g/mol. The number of aryl methyl sites for hydroxylation is 1. The van der Waals surface area contributed by atoms with Crippen molar-refractivity contribution < 1.29 is 14.7 Å². The van der Waals surface area contributed by atoms with Crippen LogP contribution in [0.15, 0.2) is 18.2 Å². The van der Waals surface area contributed by atoms with Gasteiger partial charge in [0.1, 0.15) is 11.8 Å². The predicted octanol–water partition coefficient (Wildman–Crippen LogP) is 1.46. The third-order valence-corrected chi connectivity index (χ3v) is 3.33. The number of hydrogen-bond acceptors (Lipinski definition) is 4. The monoisotopic (exact) mass is 252 g/mol. The fourth-order valence-electron chi connectivity index (χ4n) is 1.49. The van der Waals surface area contributed by atoms with Gasteiger partial charge in [-0.05, 0) is 30.7 Å². The average Bonchev–Trinajstić information content (AvgIpc) is 2.70. The van der Waals surface area contributed by atoms with Gasteiger partial charge in [0.2, 0.25) is 5.91 Å². The molecule has 1 atom stereocenters. The van der Waals surface area contributed by atoms with Gasteiger partial charge in [0.15, 0.2) is 0 Å². The first-order valence-electron chi connectivity index (χ1n) is 5.10. The zero-order valence-corrected chi connectivity index (χ0v) is 10.0. The van der Waals surface area contributed by atoms with Crippen LogP contribution in [0.25, 0.3) is 0 Å². The Morgan fingerprint density at radius 2 is 2.35 bits per heavy atom. The van der Waals surface area contributed by atoms with E-state index in [1.54, 1.807) is 19.1 Å². The van der Waals surface area contributed by atoms with E-state index in [0.29, 0.717) is 17.0 Å². The van der Waals surface area contributed by atoms with Crippen LogP contribution in [0.1, 0.15) is 5.56 Å². The minimum absolute atomic E-state index is 0.174. The fourth-order valence-corrected chi connectivity index (χ4v) is 2.27. The zero-order valence-electron chi connectivity index (χ0n) is 9.19. The Hall–Kier alpha value is -1.69. The number of aromatic hydroxyl groups is 1. The van der Waals surface area contributed by atoms with Gasteiger partial charge in [-0.25, -0.2) is 0 Å². The molecule has 0 aliphatic carbocycles. The van der Waals surface area contributed by atoms with Crippen molar-refractivity contribution in [2.45, 2.75) is 13.0 Å². The van der Waals surface area contributed by atoms with Crippen LogP contribution in [0.4, 0.5) is 10.5 Å². The lowest BCUT2D eigenvalue weighted by Gasteiger charge is -2.11. The van der Waals surface area contributed by atoms with E-state index in [1.165, 1.54) is 6.07 Å². The lowest BCUT2D eigenvalue weighted by Crippen LogP contribution is -2.38. The lowest BCUT2D eigenvalue weighted by atomic mass is 10.2. The maximum absolute atomic E-state index is 11.8. The van der Waals surface area contributed by atoms with Crippen LogP contribution in [0, 0.1) is 6.92 Å². The Kier molecular flexibility index (Phi) is 3.23. The van der Waals surface area contributed by atoms with Gasteiger partial charge in [-0.2, -0.15) is 0 Å². The van der Waals surface area contributed by atoms with Gasteiger partial charge >= 0.3 is 0 Å². The Balaban J connectivity index is 2.03. The summed E-state index contributed by atoms with van der Waals surface area (Å²) < 4.78 is 0. The summed E-state index contributed by atoms with van der Waals surface area (Å²) in [4.78, 5) is 22.7. The molecule has 0 bridgehead atoms. The van der Waals surface area contributed by atoms with Crippen molar-refractivity contribution in [2.24, 2.45) is 0 Å². The molecule has 5 nitrogen and oxygen atoms in total. The third-order valence-electron chi connectivity index (χ3n) is 2.45. The van der Waals surface area contributed by atoms with E-state index in [9.17, 15) is 14.7 Å². The van der Waals surface area contributed by atoms with Crippen molar-refractivity contribution in [1.29, 1.82) is 0 Å². The van der Waals surface area contributed by atoms with E-state index in [1.807, 2.05) is 0 Å². The van der Waals surface area contributed by atoms with Gasteiger partial charge in [-0.1, -0.05) is 11.8 Å². The highest BCUT2D eigenvalue weighted by molar-refractivity contribution is 8.14. The van der Waals surface area contributed by atoms with Crippen LogP contribution in [0.3, 0.4) is 0 Å². The molecule has 1 aliphatic heterocycles. The second-order valence-corrected chi connectivity index (χ2v) is 4.78. The van der Waals surface area contributed by atoms with E-state index >= 15 is 0 Å². The lowest BCUT2D eigenvalue weighted by molar-refractivity contribution is -0.117. The number of thioether (sulfide) groups is 1. The predicted molar refractivity (Wildman–Crippen MR) is 66.3 cm³/mol. The molecule has 1 heterocycles. The molecule has 1 aromatic rings. The summed E-state index contributed by atoms with van der Waals surface area (Å²) in [5, 5.41) is 14.4. The van der Waals surface area contributed by atoms with Crippen LogP contribution in [0.5, 0.6) is 5.75 Å². The Morgan fingerprint density at radius 1 is 1.59 bits per heavy atom. The highest BCUT2D eigenvalue weighted by atomic mass is 32.2.